The number of rotatable bonds is 4. The lowest BCUT2D eigenvalue weighted by Gasteiger charge is -2.09. The SMILES string of the molecule is O=Cc1c(OC[C@@H]2CO2)ccc2ccccc12. The average molecular weight is 228 g/mol. The topological polar surface area (TPSA) is 38.8 Å². The van der Waals surface area contributed by atoms with Crippen molar-refractivity contribution in [2.24, 2.45) is 0 Å². The molecule has 3 nitrogen and oxygen atoms in total. The summed E-state index contributed by atoms with van der Waals surface area (Å²) in [6, 6.07) is 11.6. The van der Waals surface area contributed by atoms with Crippen LogP contribution >= 0.6 is 0 Å². The van der Waals surface area contributed by atoms with Gasteiger partial charge in [-0.2, -0.15) is 0 Å². The van der Waals surface area contributed by atoms with Gasteiger partial charge in [-0.1, -0.05) is 30.3 Å². The molecule has 0 N–H and O–H groups in total. The normalized spacial score (nSPS) is 18.0. The Balaban J connectivity index is 2.01. The zero-order valence-corrected chi connectivity index (χ0v) is 9.26. The van der Waals surface area contributed by atoms with Gasteiger partial charge in [0.1, 0.15) is 18.5 Å². The summed E-state index contributed by atoms with van der Waals surface area (Å²) in [5.74, 6) is 0.634. The first kappa shape index (κ1) is 10.3. The number of ether oxygens (including phenoxy) is 2. The Kier molecular flexibility index (Phi) is 2.53. The molecule has 1 atom stereocenters. The van der Waals surface area contributed by atoms with Gasteiger partial charge in [-0.05, 0) is 16.8 Å². The molecule has 0 amide bonds. The van der Waals surface area contributed by atoms with E-state index < -0.39 is 0 Å². The molecule has 17 heavy (non-hydrogen) atoms. The van der Waals surface area contributed by atoms with Crippen LogP contribution in [-0.4, -0.2) is 25.6 Å². The first-order valence-corrected chi connectivity index (χ1v) is 5.60. The van der Waals surface area contributed by atoms with Crippen molar-refractivity contribution in [3.05, 3.63) is 42.0 Å². The minimum absolute atomic E-state index is 0.195. The van der Waals surface area contributed by atoms with E-state index in [1.165, 1.54) is 0 Å². The summed E-state index contributed by atoms with van der Waals surface area (Å²) in [6.45, 7) is 1.27. The lowest BCUT2D eigenvalue weighted by molar-refractivity contribution is 0.112. The van der Waals surface area contributed by atoms with Gasteiger partial charge < -0.3 is 9.47 Å². The fourth-order valence-corrected chi connectivity index (χ4v) is 1.87. The minimum Gasteiger partial charge on any atom is -0.490 e. The molecule has 0 saturated carbocycles. The third-order valence-corrected chi connectivity index (χ3v) is 2.88. The van der Waals surface area contributed by atoms with Crippen LogP contribution in [0.25, 0.3) is 10.8 Å². The summed E-state index contributed by atoms with van der Waals surface area (Å²) in [4.78, 5) is 11.2. The van der Waals surface area contributed by atoms with E-state index >= 15 is 0 Å². The van der Waals surface area contributed by atoms with Crippen molar-refractivity contribution in [2.75, 3.05) is 13.2 Å². The first-order valence-electron chi connectivity index (χ1n) is 5.60. The summed E-state index contributed by atoms with van der Waals surface area (Å²) in [7, 11) is 0. The molecule has 2 aromatic carbocycles. The zero-order chi connectivity index (χ0) is 11.7. The Labute approximate surface area is 99.0 Å². The lowest BCUT2D eigenvalue weighted by atomic mass is 10.0. The molecule has 0 aromatic heterocycles. The number of hydrogen-bond acceptors (Lipinski definition) is 3. The van der Waals surface area contributed by atoms with Crippen LogP contribution in [0.3, 0.4) is 0 Å². The molecule has 0 radical (unpaired) electrons. The molecule has 1 aliphatic rings. The number of aldehydes is 1. The molecular weight excluding hydrogens is 216 g/mol. The summed E-state index contributed by atoms with van der Waals surface area (Å²) < 4.78 is 10.7. The van der Waals surface area contributed by atoms with Crippen molar-refractivity contribution in [3.8, 4) is 5.75 Å². The molecular formula is C14H12O3. The Morgan fingerprint density at radius 3 is 2.88 bits per heavy atom. The maximum atomic E-state index is 11.2. The van der Waals surface area contributed by atoms with E-state index in [4.69, 9.17) is 9.47 Å². The van der Waals surface area contributed by atoms with Gasteiger partial charge in [-0.15, -0.1) is 0 Å². The Morgan fingerprint density at radius 1 is 1.29 bits per heavy atom. The molecule has 0 spiro atoms. The van der Waals surface area contributed by atoms with Crippen LogP contribution in [0.2, 0.25) is 0 Å². The number of carbonyl (C=O) groups excluding carboxylic acids is 1. The van der Waals surface area contributed by atoms with Crippen molar-refractivity contribution >= 4 is 17.1 Å². The van der Waals surface area contributed by atoms with Crippen molar-refractivity contribution in [1.82, 2.24) is 0 Å². The number of fused-ring (bicyclic) bond motifs is 1. The van der Waals surface area contributed by atoms with Gasteiger partial charge >= 0.3 is 0 Å². The fraction of sp³-hybridized carbons (Fsp3) is 0.214. The molecule has 0 aliphatic carbocycles. The predicted molar refractivity (Wildman–Crippen MR) is 64.6 cm³/mol. The second-order valence-corrected chi connectivity index (χ2v) is 4.08. The van der Waals surface area contributed by atoms with E-state index in [0.717, 1.165) is 23.7 Å². The molecule has 1 aliphatic heterocycles. The fourth-order valence-electron chi connectivity index (χ4n) is 1.87. The summed E-state index contributed by atoms with van der Waals surface area (Å²) in [5, 5.41) is 1.97. The van der Waals surface area contributed by atoms with Crippen LogP contribution in [0.15, 0.2) is 36.4 Å². The summed E-state index contributed by atoms with van der Waals surface area (Å²) in [5.41, 5.74) is 0.615. The van der Waals surface area contributed by atoms with Gasteiger partial charge in [0.15, 0.2) is 6.29 Å². The molecule has 3 rings (SSSR count). The molecule has 2 aromatic rings. The van der Waals surface area contributed by atoms with E-state index in [1.54, 1.807) is 0 Å². The van der Waals surface area contributed by atoms with Gasteiger partial charge in [0.2, 0.25) is 0 Å². The minimum atomic E-state index is 0.195. The van der Waals surface area contributed by atoms with E-state index in [0.29, 0.717) is 17.9 Å². The standard InChI is InChI=1S/C14H12O3/c15-7-13-12-4-2-1-3-10(12)5-6-14(13)17-9-11-8-16-11/h1-7,11H,8-9H2/t11-/m0/s1. The van der Waals surface area contributed by atoms with Crippen molar-refractivity contribution in [1.29, 1.82) is 0 Å². The highest BCUT2D eigenvalue weighted by atomic mass is 16.6. The molecule has 3 heteroatoms. The van der Waals surface area contributed by atoms with Crippen LogP contribution in [0.4, 0.5) is 0 Å². The van der Waals surface area contributed by atoms with Gasteiger partial charge in [0, 0.05) is 0 Å². The quantitative estimate of drug-likeness (QED) is 0.596. The van der Waals surface area contributed by atoms with E-state index in [-0.39, 0.29) is 6.10 Å². The highest BCUT2D eigenvalue weighted by Gasteiger charge is 2.23. The smallest absolute Gasteiger partial charge is 0.154 e. The monoisotopic (exact) mass is 228 g/mol. The third kappa shape index (κ3) is 2.01. The predicted octanol–water partition coefficient (Wildman–Crippen LogP) is 2.43. The third-order valence-electron chi connectivity index (χ3n) is 2.88. The summed E-state index contributed by atoms with van der Waals surface area (Å²) >= 11 is 0. The molecule has 1 saturated heterocycles. The van der Waals surface area contributed by atoms with Crippen LogP contribution in [-0.2, 0) is 4.74 Å². The second kappa shape index (κ2) is 4.18. The van der Waals surface area contributed by atoms with Crippen LogP contribution in [0.1, 0.15) is 10.4 Å². The summed E-state index contributed by atoms with van der Waals surface area (Å²) in [6.07, 6.45) is 1.05. The van der Waals surface area contributed by atoms with Crippen LogP contribution < -0.4 is 4.74 Å². The number of hydrogen-bond donors (Lipinski definition) is 0. The highest BCUT2D eigenvalue weighted by molar-refractivity contribution is 6.00. The molecule has 86 valence electrons. The number of carbonyl (C=O) groups is 1. The van der Waals surface area contributed by atoms with Crippen LogP contribution in [0, 0.1) is 0 Å². The molecule has 0 unspecified atom stereocenters. The molecule has 1 heterocycles. The number of benzene rings is 2. The Hall–Kier alpha value is -1.87. The van der Waals surface area contributed by atoms with Gasteiger partial charge in [-0.3, -0.25) is 4.79 Å². The Bertz CT molecular complexity index is 558. The van der Waals surface area contributed by atoms with Crippen LogP contribution in [0.5, 0.6) is 5.75 Å². The average Bonchev–Trinajstić information content (AvgIpc) is 3.19. The maximum absolute atomic E-state index is 11.2. The molecule has 0 bridgehead atoms. The zero-order valence-electron chi connectivity index (χ0n) is 9.26. The lowest BCUT2D eigenvalue weighted by Crippen LogP contribution is -2.05. The number of epoxide rings is 1. The van der Waals surface area contributed by atoms with Gasteiger partial charge in [0.25, 0.3) is 0 Å². The Morgan fingerprint density at radius 2 is 2.12 bits per heavy atom. The first-order chi connectivity index (χ1) is 8.38. The maximum Gasteiger partial charge on any atom is 0.154 e. The van der Waals surface area contributed by atoms with Gasteiger partial charge in [-0.25, -0.2) is 0 Å². The van der Waals surface area contributed by atoms with E-state index in [2.05, 4.69) is 0 Å². The van der Waals surface area contributed by atoms with Crippen molar-refractivity contribution in [3.63, 3.8) is 0 Å². The van der Waals surface area contributed by atoms with E-state index in [9.17, 15) is 4.79 Å². The second-order valence-electron chi connectivity index (χ2n) is 4.08. The highest BCUT2D eigenvalue weighted by Crippen LogP contribution is 2.27. The van der Waals surface area contributed by atoms with Crippen molar-refractivity contribution in [2.45, 2.75) is 6.10 Å². The molecule has 1 fully saturated rings. The van der Waals surface area contributed by atoms with Crippen molar-refractivity contribution < 1.29 is 14.3 Å². The largest absolute Gasteiger partial charge is 0.490 e. The van der Waals surface area contributed by atoms with Gasteiger partial charge in [0.05, 0.1) is 12.2 Å². The van der Waals surface area contributed by atoms with E-state index in [1.807, 2.05) is 36.4 Å².